The molecule has 0 bridgehead atoms. The van der Waals surface area contributed by atoms with Crippen LogP contribution in [0.25, 0.3) is 0 Å². The van der Waals surface area contributed by atoms with Gasteiger partial charge in [0.2, 0.25) is 0 Å². The molecular formula is C21H20F2N2O4. The lowest BCUT2D eigenvalue weighted by molar-refractivity contribution is -0.139. The van der Waals surface area contributed by atoms with Crippen molar-refractivity contribution >= 4 is 12.0 Å². The van der Waals surface area contributed by atoms with Crippen molar-refractivity contribution in [1.82, 2.24) is 10.2 Å². The molecule has 6 nitrogen and oxygen atoms in total. The molecule has 0 spiro atoms. The van der Waals surface area contributed by atoms with Gasteiger partial charge in [-0.15, -0.1) is 0 Å². The van der Waals surface area contributed by atoms with Crippen molar-refractivity contribution in [2.75, 3.05) is 20.3 Å². The molecule has 8 heteroatoms. The Balaban J connectivity index is 2.04. The van der Waals surface area contributed by atoms with Crippen molar-refractivity contribution in [2.24, 2.45) is 0 Å². The summed E-state index contributed by atoms with van der Waals surface area (Å²) in [6.07, 6.45) is 0. The van der Waals surface area contributed by atoms with Gasteiger partial charge in [0, 0.05) is 12.6 Å². The summed E-state index contributed by atoms with van der Waals surface area (Å²) in [6, 6.07) is 9.62. The second-order valence-electron chi connectivity index (χ2n) is 6.29. The summed E-state index contributed by atoms with van der Waals surface area (Å²) in [5.74, 6) is -1.32. The molecule has 3 rings (SSSR count). The Kier molecular flexibility index (Phi) is 6.11. The Morgan fingerprint density at radius 3 is 2.48 bits per heavy atom. The Morgan fingerprint density at radius 1 is 1.14 bits per heavy atom. The number of rotatable bonds is 6. The van der Waals surface area contributed by atoms with Crippen LogP contribution in [0.5, 0.6) is 5.75 Å². The van der Waals surface area contributed by atoms with Crippen LogP contribution in [-0.2, 0) is 9.53 Å². The smallest absolute Gasteiger partial charge is 0.338 e. The average Bonchev–Trinajstić information content (AvgIpc) is 2.70. The molecule has 0 aromatic heterocycles. The Morgan fingerprint density at radius 2 is 1.83 bits per heavy atom. The molecule has 0 unspecified atom stereocenters. The van der Waals surface area contributed by atoms with Gasteiger partial charge in [-0.05, 0) is 37.3 Å². The second kappa shape index (κ2) is 8.72. The zero-order valence-corrected chi connectivity index (χ0v) is 15.9. The minimum absolute atomic E-state index is 0.0705. The second-order valence-corrected chi connectivity index (χ2v) is 6.29. The highest BCUT2D eigenvalue weighted by Crippen LogP contribution is 2.32. The minimum Gasteiger partial charge on any atom is -0.487 e. The van der Waals surface area contributed by atoms with Crippen LogP contribution in [0.4, 0.5) is 13.6 Å². The molecule has 0 saturated heterocycles. The summed E-state index contributed by atoms with van der Waals surface area (Å²) in [7, 11) is 1.47. The number of esters is 1. The number of amides is 2. The minimum atomic E-state index is -1.04. The topological polar surface area (TPSA) is 67.9 Å². The van der Waals surface area contributed by atoms with Gasteiger partial charge in [0.05, 0.1) is 23.9 Å². The first-order chi connectivity index (χ1) is 13.9. The van der Waals surface area contributed by atoms with Gasteiger partial charge in [-0.1, -0.05) is 18.2 Å². The molecule has 29 heavy (non-hydrogen) atoms. The quantitative estimate of drug-likeness (QED) is 0.751. The van der Waals surface area contributed by atoms with Gasteiger partial charge in [-0.2, -0.15) is 0 Å². The highest BCUT2D eigenvalue weighted by atomic mass is 19.1. The number of hydrogen-bond acceptors (Lipinski definition) is 4. The molecule has 1 N–H and O–H groups in total. The number of likely N-dealkylation sites (N-methyl/N-ethyl adjacent to an activating group) is 1. The Hall–Kier alpha value is -3.42. The lowest BCUT2D eigenvalue weighted by atomic mass is 9.94. The monoisotopic (exact) mass is 402 g/mol. The van der Waals surface area contributed by atoms with E-state index in [0.29, 0.717) is 5.75 Å². The predicted octanol–water partition coefficient (Wildman–Crippen LogP) is 3.56. The Bertz CT molecular complexity index is 944. The van der Waals surface area contributed by atoms with Crippen LogP contribution in [0.3, 0.4) is 0 Å². The van der Waals surface area contributed by atoms with E-state index in [9.17, 15) is 18.4 Å². The third-order valence-electron chi connectivity index (χ3n) is 4.48. The summed E-state index contributed by atoms with van der Waals surface area (Å²) in [4.78, 5) is 26.4. The number of benzene rings is 2. The van der Waals surface area contributed by atoms with Crippen molar-refractivity contribution in [3.8, 4) is 5.75 Å². The summed E-state index contributed by atoms with van der Waals surface area (Å²) >= 11 is 0. The summed E-state index contributed by atoms with van der Waals surface area (Å²) in [6.45, 7) is 1.58. The number of halogens is 2. The van der Waals surface area contributed by atoms with Crippen molar-refractivity contribution in [1.29, 1.82) is 0 Å². The van der Waals surface area contributed by atoms with Gasteiger partial charge in [-0.3, -0.25) is 4.90 Å². The van der Waals surface area contributed by atoms with Crippen LogP contribution in [0, 0.1) is 11.6 Å². The lowest BCUT2D eigenvalue weighted by Gasteiger charge is -2.34. The first kappa shape index (κ1) is 20.3. The normalized spacial score (nSPS) is 16.5. The third-order valence-corrected chi connectivity index (χ3v) is 4.48. The van der Waals surface area contributed by atoms with E-state index >= 15 is 0 Å². The lowest BCUT2D eigenvalue weighted by Crippen LogP contribution is -2.48. The van der Waals surface area contributed by atoms with E-state index in [1.54, 1.807) is 13.0 Å². The largest absolute Gasteiger partial charge is 0.487 e. The number of carbonyl (C=O) groups excluding carboxylic acids is 2. The maximum absolute atomic E-state index is 14.4. The fraction of sp³-hybridized carbons (Fsp3) is 0.238. The highest BCUT2D eigenvalue weighted by Gasteiger charge is 2.38. The number of nitrogens with zero attached hydrogens (tertiary/aromatic N) is 1. The van der Waals surface area contributed by atoms with E-state index in [0.717, 1.165) is 0 Å². The van der Waals surface area contributed by atoms with Gasteiger partial charge in [-0.25, -0.2) is 18.4 Å². The zero-order chi connectivity index (χ0) is 21.0. The number of ether oxygens (including phenoxy) is 2. The molecule has 1 atom stereocenters. The average molecular weight is 402 g/mol. The van der Waals surface area contributed by atoms with Gasteiger partial charge < -0.3 is 14.8 Å². The number of nitrogens with one attached hydrogen (secondary N) is 1. The molecular weight excluding hydrogens is 382 g/mol. The number of hydrogen-bond donors (Lipinski definition) is 1. The first-order valence-corrected chi connectivity index (χ1v) is 8.99. The van der Waals surface area contributed by atoms with E-state index in [-0.39, 0.29) is 30.0 Å². The molecule has 2 amide bonds. The van der Waals surface area contributed by atoms with Crippen molar-refractivity contribution in [3.63, 3.8) is 0 Å². The molecule has 2 aromatic rings. The van der Waals surface area contributed by atoms with Crippen LogP contribution in [0.1, 0.15) is 18.5 Å². The van der Waals surface area contributed by atoms with Crippen molar-refractivity contribution in [2.45, 2.75) is 13.0 Å². The molecule has 0 aliphatic carbocycles. The summed E-state index contributed by atoms with van der Waals surface area (Å²) < 4.78 is 38.3. The maximum atomic E-state index is 14.4. The van der Waals surface area contributed by atoms with Crippen LogP contribution >= 0.6 is 0 Å². The number of carbonyl (C=O) groups is 2. The molecule has 0 radical (unpaired) electrons. The third kappa shape index (κ3) is 4.37. The fourth-order valence-corrected chi connectivity index (χ4v) is 3.01. The van der Waals surface area contributed by atoms with Crippen LogP contribution in [-0.4, -0.2) is 37.2 Å². The van der Waals surface area contributed by atoms with Crippen LogP contribution in [0.2, 0.25) is 0 Å². The van der Waals surface area contributed by atoms with E-state index in [1.807, 2.05) is 0 Å². The van der Waals surface area contributed by atoms with E-state index < -0.39 is 29.7 Å². The van der Waals surface area contributed by atoms with Gasteiger partial charge >= 0.3 is 12.0 Å². The Labute approximate surface area is 166 Å². The molecule has 1 aliphatic heterocycles. The molecule has 1 heterocycles. The molecule has 2 aromatic carbocycles. The molecule has 0 saturated carbocycles. The van der Waals surface area contributed by atoms with Gasteiger partial charge in [0.1, 0.15) is 24.0 Å². The van der Waals surface area contributed by atoms with Crippen LogP contribution < -0.4 is 10.1 Å². The molecule has 0 fully saturated rings. The standard InChI is InChI=1S/C21H20F2N2O4/c1-3-28-20(26)18-17(12-29-14-10-8-13(22)9-11-14)25(2)21(27)24-19(18)15-6-4-5-7-16(15)23/h4-11,19H,3,12H2,1-2H3,(H,24,27)/t19-/m1/s1. The predicted molar refractivity (Wildman–Crippen MR) is 101 cm³/mol. The van der Waals surface area contributed by atoms with Gasteiger partial charge in [0.25, 0.3) is 0 Å². The maximum Gasteiger partial charge on any atom is 0.338 e. The van der Waals surface area contributed by atoms with E-state index in [1.165, 1.54) is 54.4 Å². The number of urea groups is 1. The molecule has 152 valence electrons. The highest BCUT2D eigenvalue weighted by molar-refractivity contribution is 5.95. The SMILES string of the molecule is CCOC(=O)C1=C(COc2ccc(F)cc2)N(C)C(=O)N[C@@H]1c1ccccc1F. The molecule has 1 aliphatic rings. The van der Waals surface area contributed by atoms with Crippen molar-refractivity contribution in [3.05, 3.63) is 77.0 Å². The van der Waals surface area contributed by atoms with Crippen molar-refractivity contribution < 1.29 is 27.8 Å². The summed E-state index contributed by atoms with van der Waals surface area (Å²) in [5.41, 5.74) is 0.433. The summed E-state index contributed by atoms with van der Waals surface area (Å²) in [5, 5.41) is 2.63. The van der Waals surface area contributed by atoms with E-state index in [4.69, 9.17) is 9.47 Å². The first-order valence-electron chi connectivity index (χ1n) is 8.99. The van der Waals surface area contributed by atoms with E-state index in [2.05, 4.69) is 5.32 Å². The fourth-order valence-electron chi connectivity index (χ4n) is 3.01. The zero-order valence-electron chi connectivity index (χ0n) is 15.9. The van der Waals surface area contributed by atoms with Crippen LogP contribution in [0.15, 0.2) is 59.8 Å². The van der Waals surface area contributed by atoms with Gasteiger partial charge in [0.15, 0.2) is 0 Å².